The van der Waals surface area contributed by atoms with Crippen LogP contribution in [0.1, 0.15) is 39.2 Å². The van der Waals surface area contributed by atoms with Gasteiger partial charge in [-0.1, -0.05) is 86.6 Å². The van der Waals surface area contributed by atoms with E-state index in [1.807, 2.05) is 59.5 Å². The average molecular weight is 599 g/mol. The van der Waals surface area contributed by atoms with Gasteiger partial charge in [0.2, 0.25) is 5.82 Å². The molecule has 1 fully saturated rings. The Labute approximate surface area is 254 Å². The van der Waals surface area contributed by atoms with Gasteiger partial charge in [-0.2, -0.15) is 4.98 Å². The number of halogens is 1. The quantitative estimate of drug-likeness (QED) is 0.199. The molecule has 0 unspecified atom stereocenters. The molecule has 2 heterocycles. The van der Waals surface area contributed by atoms with E-state index in [1.165, 1.54) is 6.07 Å². The van der Waals surface area contributed by atoms with Crippen LogP contribution >= 0.6 is 0 Å². The number of Topliss-reactive ketones (excluding diaryl/α,β-unsaturated/α-hetero) is 1. The fraction of sp³-hybridized carbons (Fsp3) is 0.324. The smallest absolute Gasteiger partial charge is 0.318 e. The van der Waals surface area contributed by atoms with Crippen molar-refractivity contribution < 1.29 is 33.1 Å². The summed E-state index contributed by atoms with van der Waals surface area (Å²) in [7, 11) is 0. The minimum absolute atomic E-state index is 0.0223. The Balaban J connectivity index is 1.19. The zero-order chi connectivity index (χ0) is 31.5. The van der Waals surface area contributed by atoms with E-state index in [0.29, 0.717) is 42.1 Å². The number of carbonyl (C=O) groups is 3. The molecule has 1 saturated heterocycles. The highest BCUT2D eigenvalue weighted by molar-refractivity contribution is 5.99. The maximum atomic E-state index is 14.9. The van der Waals surface area contributed by atoms with E-state index in [1.54, 1.807) is 32.9 Å². The molecule has 0 bridgehead atoms. The molecule has 3 aromatic carbocycles. The van der Waals surface area contributed by atoms with Gasteiger partial charge in [-0.25, -0.2) is 4.39 Å². The lowest BCUT2D eigenvalue weighted by atomic mass is 9.78. The predicted molar refractivity (Wildman–Crippen MR) is 158 cm³/mol. The lowest BCUT2D eigenvalue weighted by Gasteiger charge is -2.40. The van der Waals surface area contributed by atoms with Crippen molar-refractivity contribution >= 4 is 17.7 Å². The van der Waals surface area contributed by atoms with Crippen LogP contribution in [0.5, 0.6) is 0 Å². The zero-order valence-electron chi connectivity index (χ0n) is 24.8. The molecule has 0 aliphatic carbocycles. The van der Waals surface area contributed by atoms with Gasteiger partial charge in [0.25, 0.3) is 5.89 Å². The minimum Gasteiger partial charge on any atom is -0.549 e. The molecule has 10 heteroatoms. The van der Waals surface area contributed by atoms with E-state index in [9.17, 15) is 23.9 Å². The first-order chi connectivity index (χ1) is 21.0. The lowest BCUT2D eigenvalue weighted by molar-refractivity contribution is -0.320. The van der Waals surface area contributed by atoms with Gasteiger partial charge >= 0.3 is 5.97 Å². The number of aromatic nitrogens is 2. The Kier molecular flexibility index (Phi) is 8.73. The number of benzene rings is 3. The molecule has 9 nitrogen and oxygen atoms in total. The summed E-state index contributed by atoms with van der Waals surface area (Å²) < 4.78 is 25.4. The summed E-state index contributed by atoms with van der Waals surface area (Å²) in [6.45, 7) is 5.86. The molecule has 4 aromatic rings. The van der Waals surface area contributed by atoms with Gasteiger partial charge in [-0.3, -0.25) is 14.5 Å². The number of ether oxygens (including phenoxy) is 1. The minimum atomic E-state index is -1.78. The normalized spacial score (nSPS) is 15.1. The van der Waals surface area contributed by atoms with E-state index >= 15 is 0 Å². The number of piperidine rings is 1. The molecule has 0 spiro atoms. The third-order valence-electron chi connectivity index (χ3n) is 8.01. The Morgan fingerprint density at radius 2 is 1.61 bits per heavy atom. The predicted octanol–water partition coefficient (Wildman–Crippen LogP) is 4.70. The number of rotatable bonds is 9. The number of hydrogen-bond donors (Lipinski definition) is 0. The van der Waals surface area contributed by atoms with Crippen LogP contribution in [0.2, 0.25) is 0 Å². The fourth-order valence-electron chi connectivity index (χ4n) is 5.05. The Hall–Kier alpha value is -4.70. The summed E-state index contributed by atoms with van der Waals surface area (Å²) in [5.74, 6) is -2.52. The summed E-state index contributed by atoms with van der Waals surface area (Å²) in [5, 5.41) is 16.1. The third-order valence-corrected chi connectivity index (χ3v) is 8.01. The van der Waals surface area contributed by atoms with Gasteiger partial charge in [0, 0.05) is 28.7 Å². The van der Waals surface area contributed by atoms with E-state index in [2.05, 4.69) is 10.1 Å². The first kappa shape index (κ1) is 30.7. The first-order valence-electron chi connectivity index (χ1n) is 14.4. The third kappa shape index (κ3) is 6.60. The van der Waals surface area contributed by atoms with Gasteiger partial charge in [0.15, 0.2) is 12.4 Å². The molecule has 44 heavy (non-hydrogen) atoms. The van der Waals surface area contributed by atoms with Crippen LogP contribution in [0.15, 0.2) is 77.3 Å². The summed E-state index contributed by atoms with van der Waals surface area (Å²) in [6.07, 6.45) is 0.0447. The van der Waals surface area contributed by atoms with Crippen molar-refractivity contribution in [3.63, 3.8) is 0 Å². The van der Waals surface area contributed by atoms with Crippen LogP contribution in [0.25, 0.3) is 34.0 Å². The molecule has 5 rings (SSSR count). The molecule has 0 N–H and O–H groups in total. The number of nitrogens with zero attached hydrogens (tertiary/aromatic N) is 3. The van der Waals surface area contributed by atoms with Gasteiger partial charge < -0.3 is 19.2 Å². The van der Waals surface area contributed by atoms with Gasteiger partial charge in [-0.15, -0.1) is 0 Å². The largest absolute Gasteiger partial charge is 0.549 e. The second kappa shape index (κ2) is 12.5. The van der Waals surface area contributed by atoms with Gasteiger partial charge in [0.05, 0.1) is 5.97 Å². The highest BCUT2D eigenvalue weighted by atomic mass is 19.1. The fourth-order valence-corrected chi connectivity index (χ4v) is 5.05. The molecule has 1 aliphatic rings. The summed E-state index contributed by atoms with van der Waals surface area (Å²) in [5.41, 5.74) is 0.935. The van der Waals surface area contributed by atoms with Crippen molar-refractivity contribution in [2.24, 2.45) is 10.8 Å². The second-order valence-corrected chi connectivity index (χ2v) is 12.1. The topological polar surface area (TPSA) is 126 Å². The Bertz CT molecular complexity index is 1650. The maximum Gasteiger partial charge on any atom is 0.318 e. The summed E-state index contributed by atoms with van der Waals surface area (Å²) in [4.78, 5) is 43.4. The van der Waals surface area contributed by atoms with Gasteiger partial charge in [-0.05, 0) is 49.2 Å². The summed E-state index contributed by atoms with van der Waals surface area (Å²) in [6, 6.07) is 21.6. The molecule has 1 aromatic heterocycles. The van der Waals surface area contributed by atoms with E-state index in [-0.39, 0.29) is 30.3 Å². The van der Waals surface area contributed by atoms with Crippen molar-refractivity contribution in [1.82, 2.24) is 15.0 Å². The van der Waals surface area contributed by atoms with Crippen molar-refractivity contribution in [3.05, 3.63) is 84.2 Å². The van der Waals surface area contributed by atoms with Crippen molar-refractivity contribution in [2.45, 2.75) is 40.2 Å². The number of esters is 1. The SMILES string of the molecule is CC(C)(C)C(=O)COC(=O)C1(C(=O)[O-])CCN(Cc2ccc(-c3noc(-c4ccc(-c5ccccc5)c(F)c4)n3)cc2)CC1. The van der Waals surface area contributed by atoms with Crippen LogP contribution in [0, 0.1) is 16.6 Å². The molecular formula is C34H33FN3O6-. The Morgan fingerprint density at radius 3 is 2.23 bits per heavy atom. The van der Waals surface area contributed by atoms with Crippen LogP contribution in [-0.2, 0) is 25.7 Å². The van der Waals surface area contributed by atoms with E-state index < -0.39 is 29.4 Å². The highest BCUT2D eigenvalue weighted by Gasteiger charge is 2.44. The maximum absolute atomic E-state index is 14.9. The van der Waals surface area contributed by atoms with Gasteiger partial charge in [0.1, 0.15) is 11.2 Å². The number of ketones is 1. The van der Waals surface area contributed by atoms with Crippen molar-refractivity contribution in [1.29, 1.82) is 0 Å². The average Bonchev–Trinajstić information content (AvgIpc) is 3.51. The van der Waals surface area contributed by atoms with Crippen molar-refractivity contribution in [2.75, 3.05) is 19.7 Å². The van der Waals surface area contributed by atoms with Crippen LogP contribution in [0.4, 0.5) is 4.39 Å². The number of carbonyl (C=O) groups excluding carboxylic acids is 3. The zero-order valence-corrected chi connectivity index (χ0v) is 24.8. The molecule has 0 saturated carbocycles. The molecular weight excluding hydrogens is 565 g/mol. The highest BCUT2D eigenvalue weighted by Crippen LogP contribution is 2.34. The molecule has 228 valence electrons. The van der Waals surface area contributed by atoms with E-state index in [4.69, 9.17) is 9.26 Å². The van der Waals surface area contributed by atoms with Crippen LogP contribution < -0.4 is 5.11 Å². The van der Waals surface area contributed by atoms with Crippen molar-refractivity contribution in [3.8, 4) is 34.0 Å². The molecule has 0 amide bonds. The molecule has 1 aliphatic heterocycles. The number of carboxylic acid groups (broad SMARTS) is 1. The van der Waals surface area contributed by atoms with Crippen LogP contribution in [-0.4, -0.2) is 52.5 Å². The monoisotopic (exact) mass is 598 g/mol. The van der Waals surface area contributed by atoms with Crippen LogP contribution in [0.3, 0.4) is 0 Å². The molecule has 0 atom stereocenters. The summed E-state index contributed by atoms with van der Waals surface area (Å²) >= 11 is 0. The standard InChI is InChI=1S/C34H34FN3O6/c1-33(2,3)28(39)21-43-32(42)34(31(40)41)15-17-38(18-16-34)20-22-9-11-24(12-10-22)29-36-30(44-37-29)25-13-14-26(27(35)19-25)23-7-5-4-6-8-23/h4-14,19H,15-18,20-21H2,1-3H3,(H,40,41)/p-1. The lowest BCUT2D eigenvalue weighted by Crippen LogP contribution is -2.54. The molecule has 0 radical (unpaired) electrons. The second-order valence-electron chi connectivity index (χ2n) is 12.1. The first-order valence-corrected chi connectivity index (χ1v) is 14.4. The van der Waals surface area contributed by atoms with E-state index in [0.717, 1.165) is 11.1 Å². The number of hydrogen-bond acceptors (Lipinski definition) is 9. The number of carboxylic acids is 1. The number of aliphatic carboxylic acids is 1. The number of likely N-dealkylation sites (tertiary alicyclic amines) is 1. The Morgan fingerprint density at radius 1 is 0.955 bits per heavy atom.